The zero-order valence-corrected chi connectivity index (χ0v) is 23.0. The van der Waals surface area contributed by atoms with Crippen molar-refractivity contribution in [3.63, 3.8) is 0 Å². The molecule has 0 spiro atoms. The molecule has 0 aliphatic carbocycles. The van der Waals surface area contributed by atoms with Gasteiger partial charge in [-0.15, -0.1) is 0 Å². The van der Waals surface area contributed by atoms with Gasteiger partial charge in [-0.25, -0.2) is 0 Å². The molecule has 0 saturated heterocycles. The highest BCUT2D eigenvalue weighted by Crippen LogP contribution is 2.46. The fourth-order valence-electron chi connectivity index (χ4n) is 5.34. The number of rotatable bonds is 6. The monoisotopic (exact) mass is 506 g/mol. The summed E-state index contributed by atoms with van der Waals surface area (Å²) in [5, 5.41) is 12.4. The second-order valence-electron chi connectivity index (χ2n) is 10.8. The van der Waals surface area contributed by atoms with Crippen LogP contribution < -0.4 is 10.6 Å². The Kier molecular flexibility index (Phi) is 6.54. The molecular weight excluding hydrogens is 472 g/mol. The Morgan fingerprint density at radius 1 is 0.487 bits per heavy atom. The van der Waals surface area contributed by atoms with Crippen LogP contribution in [0.5, 0.6) is 0 Å². The minimum Gasteiger partial charge on any atom is -0.355 e. The summed E-state index contributed by atoms with van der Waals surface area (Å²) in [5.41, 5.74) is 10.7. The Morgan fingerprint density at radius 3 is 1.56 bits per heavy atom. The van der Waals surface area contributed by atoms with Crippen molar-refractivity contribution in [2.75, 3.05) is 10.6 Å². The number of aryl methyl sites for hydroxylation is 2. The molecular formula is C37H34N2. The number of anilines is 4. The Balaban J connectivity index is 1.65. The van der Waals surface area contributed by atoms with E-state index in [1.807, 2.05) is 0 Å². The van der Waals surface area contributed by atoms with Crippen LogP contribution >= 0.6 is 0 Å². The van der Waals surface area contributed by atoms with Crippen molar-refractivity contribution in [2.45, 2.75) is 33.6 Å². The molecule has 6 rings (SSSR count). The highest BCUT2D eigenvalue weighted by Gasteiger charge is 2.18. The van der Waals surface area contributed by atoms with E-state index in [0.717, 1.165) is 22.7 Å². The third-order valence-corrected chi connectivity index (χ3v) is 7.58. The maximum atomic E-state index is 3.83. The summed E-state index contributed by atoms with van der Waals surface area (Å²) >= 11 is 0. The molecule has 192 valence electrons. The topological polar surface area (TPSA) is 24.1 Å². The maximum Gasteiger partial charge on any atom is 0.0551 e. The first-order valence-electron chi connectivity index (χ1n) is 13.7. The van der Waals surface area contributed by atoms with Crippen molar-refractivity contribution in [3.8, 4) is 11.1 Å². The summed E-state index contributed by atoms with van der Waals surface area (Å²) in [5.74, 6) is 0.500. The lowest BCUT2D eigenvalue weighted by molar-refractivity contribution is 0.867. The lowest BCUT2D eigenvalue weighted by atomic mass is 9.91. The molecule has 39 heavy (non-hydrogen) atoms. The summed E-state index contributed by atoms with van der Waals surface area (Å²) in [6, 6.07) is 41.7. The number of fused-ring (bicyclic) bond motifs is 2. The lowest BCUT2D eigenvalue weighted by Crippen LogP contribution is -2.00. The number of hydrogen-bond acceptors (Lipinski definition) is 2. The van der Waals surface area contributed by atoms with Gasteiger partial charge in [0.15, 0.2) is 0 Å². The second-order valence-corrected chi connectivity index (χ2v) is 10.8. The highest BCUT2D eigenvalue weighted by atomic mass is 14.9. The quantitative estimate of drug-likeness (QED) is 0.173. The van der Waals surface area contributed by atoms with Gasteiger partial charge in [0.2, 0.25) is 0 Å². The van der Waals surface area contributed by atoms with Crippen molar-refractivity contribution in [2.24, 2.45) is 0 Å². The van der Waals surface area contributed by atoms with Gasteiger partial charge in [-0.2, -0.15) is 0 Å². The molecule has 0 amide bonds. The van der Waals surface area contributed by atoms with Crippen LogP contribution in [0.3, 0.4) is 0 Å². The molecule has 0 aromatic heterocycles. The van der Waals surface area contributed by atoms with Crippen LogP contribution in [0.15, 0.2) is 115 Å². The van der Waals surface area contributed by atoms with Crippen molar-refractivity contribution in [1.29, 1.82) is 0 Å². The van der Waals surface area contributed by atoms with Gasteiger partial charge in [-0.05, 0) is 60.7 Å². The molecule has 0 aliphatic rings. The van der Waals surface area contributed by atoms with Crippen LogP contribution in [0, 0.1) is 13.8 Å². The summed E-state index contributed by atoms with van der Waals surface area (Å²) in [4.78, 5) is 0. The summed E-state index contributed by atoms with van der Waals surface area (Å²) < 4.78 is 0. The van der Waals surface area contributed by atoms with Crippen molar-refractivity contribution in [1.82, 2.24) is 0 Å². The first kappa shape index (κ1) is 24.8. The lowest BCUT2D eigenvalue weighted by Gasteiger charge is -2.22. The van der Waals surface area contributed by atoms with Crippen molar-refractivity contribution >= 4 is 44.3 Å². The number of benzene rings is 6. The van der Waals surface area contributed by atoms with E-state index in [9.17, 15) is 0 Å². The standard InChI is InChI=1S/C37H34N2/c1-24(2)27-16-18-28(19-17-27)31-10-7-11-34-35(31)37(39-30-22-14-26(4)15-23-30)33-9-6-5-8-32(33)36(34)38-29-20-12-25(3)13-21-29/h5-24,38-39H,1-4H3. The molecule has 0 fully saturated rings. The van der Waals surface area contributed by atoms with E-state index in [-0.39, 0.29) is 0 Å². The van der Waals surface area contributed by atoms with E-state index in [4.69, 9.17) is 0 Å². The first-order chi connectivity index (χ1) is 19.0. The van der Waals surface area contributed by atoms with E-state index < -0.39 is 0 Å². The Hall–Kier alpha value is -4.56. The van der Waals surface area contributed by atoms with Crippen LogP contribution in [-0.4, -0.2) is 0 Å². The number of nitrogens with one attached hydrogen (secondary N) is 2. The van der Waals surface area contributed by atoms with Crippen LogP contribution in [0.25, 0.3) is 32.7 Å². The van der Waals surface area contributed by atoms with Crippen LogP contribution in [0.4, 0.5) is 22.7 Å². The average Bonchev–Trinajstić information content (AvgIpc) is 2.96. The molecule has 2 N–H and O–H groups in total. The molecule has 0 bridgehead atoms. The predicted molar refractivity (Wildman–Crippen MR) is 170 cm³/mol. The Bertz CT molecular complexity index is 1760. The molecule has 0 saturated carbocycles. The smallest absolute Gasteiger partial charge is 0.0551 e. The molecule has 0 heterocycles. The van der Waals surface area contributed by atoms with Crippen LogP contribution in [0.1, 0.15) is 36.5 Å². The van der Waals surface area contributed by atoms with E-state index in [1.54, 1.807) is 0 Å². The Morgan fingerprint density at radius 2 is 1.00 bits per heavy atom. The molecule has 6 aromatic rings. The second kappa shape index (κ2) is 10.3. The van der Waals surface area contributed by atoms with Crippen LogP contribution in [0.2, 0.25) is 0 Å². The third-order valence-electron chi connectivity index (χ3n) is 7.58. The zero-order valence-electron chi connectivity index (χ0n) is 23.0. The van der Waals surface area contributed by atoms with Gasteiger partial charge in [0.1, 0.15) is 0 Å². The minimum atomic E-state index is 0.500. The fourth-order valence-corrected chi connectivity index (χ4v) is 5.34. The third kappa shape index (κ3) is 4.86. The fraction of sp³-hybridized carbons (Fsp3) is 0.135. The van der Waals surface area contributed by atoms with Gasteiger partial charge in [-0.1, -0.05) is 116 Å². The molecule has 0 unspecified atom stereocenters. The average molecular weight is 507 g/mol. The highest BCUT2D eigenvalue weighted by molar-refractivity contribution is 6.24. The molecule has 2 nitrogen and oxygen atoms in total. The van der Waals surface area contributed by atoms with E-state index >= 15 is 0 Å². The Labute approximate surface area is 231 Å². The van der Waals surface area contributed by atoms with Crippen LogP contribution in [-0.2, 0) is 0 Å². The van der Waals surface area contributed by atoms with E-state index in [1.165, 1.54) is 49.4 Å². The molecule has 0 atom stereocenters. The van der Waals surface area contributed by atoms with Gasteiger partial charge in [0, 0.05) is 32.9 Å². The summed E-state index contributed by atoms with van der Waals surface area (Å²) in [7, 11) is 0. The largest absolute Gasteiger partial charge is 0.355 e. The summed E-state index contributed by atoms with van der Waals surface area (Å²) in [6.45, 7) is 8.73. The number of hydrogen-bond donors (Lipinski definition) is 2. The minimum absolute atomic E-state index is 0.500. The van der Waals surface area contributed by atoms with E-state index in [0.29, 0.717) is 5.92 Å². The SMILES string of the molecule is Cc1ccc(Nc2c3ccccc3c(Nc3ccc(C)cc3)c3c(-c4ccc(C(C)C)cc4)cccc23)cc1. The van der Waals surface area contributed by atoms with Crippen molar-refractivity contribution < 1.29 is 0 Å². The predicted octanol–water partition coefficient (Wildman–Crippen LogP) is 10.9. The maximum absolute atomic E-state index is 3.83. The van der Waals surface area contributed by atoms with Gasteiger partial charge >= 0.3 is 0 Å². The molecule has 0 radical (unpaired) electrons. The summed E-state index contributed by atoms with van der Waals surface area (Å²) in [6.07, 6.45) is 0. The van der Waals surface area contributed by atoms with Gasteiger partial charge < -0.3 is 10.6 Å². The molecule has 6 aromatic carbocycles. The van der Waals surface area contributed by atoms with Gasteiger partial charge in [0.25, 0.3) is 0 Å². The van der Waals surface area contributed by atoms with Gasteiger partial charge in [0.05, 0.1) is 11.4 Å². The van der Waals surface area contributed by atoms with E-state index in [2.05, 4.69) is 154 Å². The van der Waals surface area contributed by atoms with Gasteiger partial charge in [-0.3, -0.25) is 0 Å². The first-order valence-corrected chi connectivity index (χ1v) is 13.7. The molecule has 2 heteroatoms. The zero-order chi connectivity index (χ0) is 26.9. The molecule has 0 aliphatic heterocycles. The van der Waals surface area contributed by atoms with Crippen molar-refractivity contribution in [3.05, 3.63) is 132 Å². The normalized spacial score (nSPS) is 11.3.